The van der Waals surface area contributed by atoms with Gasteiger partial charge in [-0.15, -0.1) is 0 Å². The Labute approximate surface area is 244 Å². The Kier molecular flexibility index (Phi) is 10.3. The monoisotopic (exact) mass is 562 g/mol. The van der Waals surface area contributed by atoms with E-state index >= 15 is 0 Å². The van der Waals surface area contributed by atoms with Crippen LogP contribution < -0.4 is 5.32 Å². The highest BCUT2D eigenvalue weighted by Gasteiger charge is 2.30. The summed E-state index contributed by atoms with van der Waals surface area (Å²) in [7, 11) is 0. The molecule has 1 heterocycles. The third kappa shape index (κ3) is 7.28. The minimum absolute atomic E-state index is 0.00523. The molecule has 40 heavy (non-hydrogen) atoms. The molecule has 0 unspecified atom stereocenters. The largest absolute Gasteiger partial charge is 0.345 e. The van der Waals surface area contributed by atoms with E-state index in [0.717, 1.165) is 65.2 Å². The molecule has 1 N–H and O–H groups in total. The quantitative estimate of drug-likeness (QED) is 0.274. The smallest absolute Gasteiger partial charge is 0.322 e. The highest BCUT2D eigenvalue weighted by atomic mass is 35.5. The number of halogens is 1. The minimum atomic E-state index is -0.231. The zero-order valence-corrected chi connectivity index (χ0v) is 25.1. The Balaban J connectivity index is 1.56. The van der Waals surface area contributed by atoms with E-state index in [1.807, 2.05) is 80.4 Å². The molecular formula is C33H43ClN4O2. The van der Waals surface area contributed by atoms with Gasteiger partial charge in [0.25, 0.3) is 0 Å². The second kappa shape index (κ2) is 13.9. The molecule has 1 aliphatic carbocycles. The number of para-hydroxylation sites is 1. The first kappa shape index (κ1) is 29.7. The van der Waals surface area contributed by atoms with Crippen LogP contribution in [0.5, 0.6) is 0 Å². The van der Waals surface area contributed by atoms with Crippen molar-refractivity contribution in [2.75, 3.05) is 11.9 Å². The van der Waals surface area contributed by atoms with Crippen molar-refractivity contribution in [3.8, 4) is 0 Å². The summed E-state index contributed by atoms with van der Waals surface area (Å²) in [6, 6.07) is 17.8. The Morgan fingerprint density at radius 2 is 1.70 bits per heavy atom. The number of amides is 3. The lowest BCUT2D eigenvalue weighted by Gasteiger charge is -2.37. The summed E-state index contributed by atoms with van der Waals surface area (Å²) in [5.74, 6) is -0.00523. The molecule has 6 nitrogen and oxygen atoms in total. The molecule has 1 atom stereocenters. The van der Waals surface area contributed by atoms with Crippen molar-refractivity contribution < 1.29 is 9.59 Å². The SMILES string of the molecule is CC[C@@H](C)N(CC(=O)N(Cc1cccn1Cc1ccccc1Cl)C1CCCCC1)C(=O)Nc1c(C)cccc1C. The molecule has 0 saturated heterocycles. The highest BCUT2D eigenvalue weighted by Crippen LogP contribution is 2.26. The number of hydrogen-bond acceptors (Lipinski definition) is 2. The Morgan fingerprint density at radius 1 is 1.00 bits per heavy atom. The summed E-state index contributed by atoms with van der Waals surface area (Å²) in [5, 5.41) is 3.84. The fraction of sp³-hybridized carbons (Fsp3) is 0.455. The minimum Gasteiger partial charge on any atom is -0.345 e. The molecule has 1 fully saturated rings. The molecule has 3 aromatic rings. The van der Waals surface area contributed by atoms with E-state index in [0.29, 0.717) is 13.1 Å². The van der Waals surface area contributed by atoms with Crippen LogP contribution in [0.3, 0.4) is 0 Å². The number of anilines is 1. The number of carbonyl (C=O) groups excluding carboxylic acids is 2. The number of urea groups is 1. The van der Waals surface area contributed by atoms with Crippen LogP contribution in [0.25, 0.3) is 0 Å². The summed E-state index contributed by atoms with van der Waals surface area (Å²) in [4.78, 5) is 31.4. The average molecular weight is 563 g/mol. The number of nitrogens with one attached hydrogen (secondary N) is 1. The van der Waals surface area contributed by atoms with Gasteiger partial charge in [-0.25, -0.2) is 4.79 Å². The summed E-state index contributed by atoms with van der Waals surface area (Å²) >= 11 is 6.46. The van der Waals surface area contributed by atoms with Gasteiger partial charge in [-0.2, -0.15) is 0 Å². The van der Waals surface area contributed by atoms with Crippen LogP contribution in [-0.2, 0) is 17.9 Å². The van der Waals surface area contributed by atoms with Crippen LogP contribution in [0.1, 0.15) is 74.8 Å². The molecule has 214 valence electrons. The molecule has 2 aromatic carbocycles. The standard InChI is InChI=1S/C33H43ClN4O2/c1-5-26(4)37(33(40)35-32-24(2)13-11-14-25(32)3)23-31(39)38(28-16-7-6-8-17-28)22-29-18-12-20-36(29)21-27-15-9-10-19-30(27)34/h9-15,18-20,26,28H,5-8,16-17,21-23H2,1-4H3,(H,35,40)/t26-/m1/s1. The normalized spacial score (nSPS) is 14.5. The van der Waals surface area contributed by atoms with Crippen molar-refractivity contribution in [3.63, 3.8) is 0 Å². The van der Waals surface area contributed by atoms with Gasteiger partial charge >= 0.3 is 6.03 Å². The van der Waals surface area contributed by atoms with Crippen molar-refractivity contribution in [2.45, 2.75) is 91.4 Å². The fourth-order valence-electron chi connectivity index (χ4n) is 5.62. The number of nitrogens with zero attached hydrogens (tertiary/aromatic N) is 3. The summed E-state index contributed by atoms with van der Waals surface area (Å²) in [5.41, 5.74) is 4.94. The van der Waals surface area contributed by atoms with Gasteiger partial charge in [0.15, 0.2) is 0 Å². The van der Waals surface area contributed by atoms with Crippen molar-refractivity contribution in [1.82, 2.24) is 14.4 Å². The molecule has 1 aliphatic rings. The molecule has 0 radical (unpaired) electrons. The van der Waals surface area contributed by atoms with Crippen LogP contribution >= 0.6 is 11.6 Å². The van der Waals surface area contributed by atoms with Crippen molar-refractivity contribution in [3.05, 3.63) is 88.2 Å². The van der Waals surface area contributed by atoms with Crippen LogP contribution in [0.2, 0.25) is 5.02 Å². The van der Waals surface area contributed by atoms with Crippen molar-refractivity contribution in [2.24, 2.45) is 0 Å². The topological polar surface area (TPSA) is 57.6 Å². The predicted octanol–water partition coefficient (Wildman–Crippen LogP) is 7.80. The van der Waals surface area contributed by atoms with Gasteiger partial charge in [0, 0.05) is 41.2 Å². The van der Waals surface area contributed by atoms with E-state index < -0.39 is 0 Å². The second-order valence-electron chi connectivity index (χ2n) is 11.1. The van der Waals surface area contributed by atoms with E-state index in [1.54, 1.807) is 4.90 Å². The van der Waals surface area contributed by atoms with E-state index in [2.05, 4.69) is 22.9 Å². The van der Waals surface area contributed by atoms with Gasteiger partial charge in [0.05, 0.1) is 6.54 Å². The third-order valence-electron chi connectivity index (χ3n) is 8.29. The fourth-order valence-corrected chi connectivity index (χ4v) is 5.82. The van der Waals surface area contributed by atoms with Crippen molar-refractivity contribution in [1.29, 1.82) is 0 Å². The van der Waals surface area contributed by atoms with Gasteiger partial charge < -0.3 is 19.7 Å². The van der Waals surface area contributed by atoms with Crippen LogP contribution in [-0.4, -0.2) is 44.9 Å². The van der Waals surface area contributed by atoms with Gasteiger partial charge in [0.2, 0.25) is 5.91 Å². The zero-order chi connectivity index (χ0) is 28.6. The Bertz CT molecular complexity index is 1280. The van der Waals surface area contributed by atoms with E-state index in [-0.39, 0.29) is 30.6 Å². The molecule has 0 aliphatic heterocycles. The molecule has 1 aromatic heterocycles. The van der Waals surface area contributed by atoms with Gasteiger partial charge in [-0.1, -0.05) is 74.2 Å². The first-order valence-corrected chi connectivity index (χ1v) is 15.0. The number of benzene rings is 2. The first-order chi connectivity index (χ1) is 19.3. The molecule has 0 bridgehead atoms. The first-order valence-electron chi connectivity index (χ1n) is 14.6. The Hall–Kier alpha value is -3.25. The number of hydrogen-bond donors (Lipinski definition) is 1. The van der Waals surface area contributed by atoms with Gasteiger partial charge in [-0.3, -0.25) is 4.79 Å². The summed E-state index contributed by atoms with van der Waals surface area (Å²) in [6.45, 7) is 9.24. The van der Waals surface area contributed by atoms with Crippen LogP contribution in [0.4, 0.5) is 10.5 Å². The molecule has 1 saturated carbocycles. The second-order valence-corrected chi connectivity index (χ2v) is 11.5. The maximum atomic E-state index is 14.1. The average Bonchev–Trinajstić information content (AvgIpc) is 3.40. The summed E-state index contributed by atoms with van der Waals surface area (Å²) in [6.07, 6.45) is 8.25. The number of rotatable bonds is 10. The lowest BCUT2D eigenvalue weighted by molar-refractivity contribution is -0.136. The van der Waals surface area contributed by atoms with Crippen LogP contribution in [0, 0.1) is 13.8 Å². The number of carbonyl (C=O) groups is 2. The van der Waals surface area contributed by atoms with Crippen molar-refractivity contribution >= 4 is 29.2 Å². The Morgan fingerprint density at radius 3 is 2.38 bits per heavy atom. The van der Waals surface area contributed by atoms with Gasteiger partial charge in [-0.05, 0) is 74.9 Å². The lowest BCUT2D eigenvalue weighted by Crippen LogP contribution is -2.50. The van der Waals surface area contributed by atoms with Gasteiger partial charge in [0.1, 0.15) is 6.54 Å². The molecule has 7 heteroatoms. The molecule has 4 rings (SSSR count). The zero-order valence-electron chi connectivity index (χ0n) is 24.3. The molecule has 3 amide bonds. The number of aromatic nitrogens is 1. The molecular weight excluding hydrogens is 520 g/mol. The maximum absolute atomic E-state index is 14.1. The predicted molar refractivity (Wildman–Crippen MR) is 164 cm³/mol. The number of aryl methyl sites for hydroxylation is 2. The maximum Gasteiger partial charge on any atom is 0.322 e. The third-order valence-corrected chi connectivity index (χ3v) is 8.66. The lowest BCUT2D eigenvalue weighted by atomic mass is 9.94. The highest BCUT2D eigenvalue weighted by molar-refractivity contribution is 6.31. The van der Waals surface area contributed by atoms with E-state index in [9.17, 15) is 9.59 Å². The van der Waals surface area contributed by atoms with Crippen LogP contribution in [0.15, 0.2) is 60.8 Å². The van der Waals surface area contributed by atoms with E-state index in [1.165, 1.54) is 6.42 Å². The molecule has 0 spiro atoms. The van der Waals surface area contributed by atoms with E-state index in [4.69, 9.17) is 11.6 Å². The summed E-state index contributed by atoms with van der Waals surface area (Å²) < 4.78 is 2.17.